The van der Waals surface area contributed by atoms with E-state index in [0.29, 0.717) is 18.7 Å². The minimum Gasteiger partial charge on any atom is -0.462 e. The lowest BCUT2D eigenvalue weighted by Gasteiger charge is -2.21. The van der Waals surface area contributed by atoms with E-state index >= 15 is 0 Å². The second-order valence-corrected chi connectivity index (χ2v) is 9.35. The number of ether oxygens (including phenoxy) is 2. The summed E-state index contributed by atoms with van der Waals surface area (Å²) in [6.07, 6.45) is 0.626. The second kappa shape index (κ2) is 11.2. The number of aryl methyl sites for hydroxylation is 2. The lowest BCUT2D eigenvalue weighted by atomic mass is 10.1. The maximum Gasteiger partial charge on any atom is 0.326 e. The molecule has 0 spiro atoms. The van der Waals surface area contributed by atoms with Crippen LogP contribution in [0.2, 0.25) is 0 Å². The van der Waals surface area contributed by atoms with Gasteiger partial charge in [0.2, 0.25) is 0 Å². The average Bonchev–Trinajstić information content (AvgIpc) is 3.15. The standard InChI is InChI=1S/C26H36N4O5/c1-15(2)35-26(33)23(18(5)31)27-12-19-8-9-22-21(11-19)28-24(30(22)17(4)14-34-7)20-10-16(3)25(32)29(6)13-20/h8-11,13,15,17-18,23,27,31H,12,14H2,1-7H3/t17-,18-,23-/m0/s1. The van der Waals surface area contributed by atoms with Gasteiger partial charge in [-0.25, -0.2) is 4.98 Å². The molecule has 0 amide bonds. The predicted molar refractivity (Wildman–Crippen MR) is 135 cm³/mol. The highest BCUT2D eigenvalue weighted by Crippen LogP contribution is 2.29. The van der Waals surface area contributed by atoms with Gasteiger partial charge < -0.3 is 23.7 Å². The Morgan fingerprint density at radius 3 is 2.51 bits per heavy atom. The molecule has 9 heteroatoms. The lowest BCUT2D eigenvalue weighted by Crippen LogP contribution is -2.46. The maximum absolute atomic E-state index is 12.4. The normalized spacial score (nSPS) is 14.3. The Labute approximate surface area is 205 Å². The van der Waals surface area contributed by atoms with E-state index in [1.54, 1.807) is 52.6 Å². The summed E-state index contributed by atoms with van der Waals surface area (Å²) in [7, 11) is 3.40. The quantitative estimate of drug-likeness (QED) is 0.426. The number of hydrogen-bond acceptors (Lipinski definition) is 7. The van der Waals surface area contributed by atoms with Crippen LogP contribution in [0.25, 0.3) is 22.4 Å². The summed E-state index contributed by atoms with van der Waals surface area (Å²) < 4.78 is 14.4. The van der Waals surface area contributed by atoms with Crippen molar-refractivity contribution < 1.29 is 19.4 Å². The Hall–Kier alpha value is -3.01. The van der Waals surface area contributed by atoms with Crippen molar-refractivity contribution >= 4 is 17.0 Å². The van der Waals surface area contributed by atoms with Crippen molar-refractivity contribution in [3.8, 4) is 11.4 Å². The fourth-order valence-electron chi connectivity index (χ4n) is 4.20. The third kappa shape index (κ3) is 5.98. The molecule has 0 radical (unpaired) electrons. The zero-order valence-corrected chi connectivity index (χ0v) is 21.5. The molecular formula is C26H36N4O5. The number of methoxy groups -OCH3 is 1. The van der Waals surface area contributed by atoms with E-state index in [0.717, 1.165) is 28.0 Å². The number of aromatic nitrogens is 3. The van der Waals surface area contributed by atoms with Crippen LogP contribution in [0.4, 0.5) is 0 Å². The summed E-state index contributed by atoms with van der Waals surface area (Å²) in [5.74, 6) is 0.261. The summed E-state index contributed by atoms with van der Waals surface area (Å²) in [6.45, 7) is 9.82. The molecule has 0 aliphatic rings. The van der Waals surface area contributed by atoms with E-state index in [4.69, 9.17) is 14.5 Å². The number of nitrogens with one attached hydrogen (secondary N) is 1. The largest absolute Gasteiger partial charge is 0.462 e. The van der Waals surface area contributed by atoms with Crippen molar-refractivity contribution in [2.75, 3.05) is 13.7 Å². The molecular weight excluding hydrogens is 448 g/mol. The lowest BCUT2D eigenvalue weighted by molar-refractivity contribution is -0.152. The van der Waals surface area contributed by atoms with Crippen molar-refractivity contribution in [3.05, 3.63) is 51.9 Å². The Morgan fingerprint density at radius 1 is 1.20 bits per heavy atom. The molecule has 0 saturated heterocycles. The molecule has 0 bridgehead atoms. The molecule has 35 heavy (non-hydrogen) atoms. The second-order valence-electron chi connectivity index (χ2n) is 9.35. The molecule has 0 fully saturated rings. The number of benzene rings is 1. The zero-order chi connectivity index (χ0) is 25.9. The Kier molecular flexibility index (Phi) is 8.47. The van der Waals surface area contributed by atoms with Crippen LogP contribution in [0.15, 0.2) is 35.3 Å². The fourth-order valence-corrected chi connectivity index (χ4v) is 4.20. The zero-order valence-electron chi connectivity index (χ0n) is 21.5. The number of aliphatic hydroxyl groups is 1. The first-order valence-electron chi connectivity index (χ1n) is 11.8. The number of imidazole rings is 1. The summed E-state index contributed by atoms with van der Waals surface area (Å²) in [6, 6.07) is 6.95. The molecule has 3 atom stereocenters. The number of fused-ring (bicyclic) bond motifs is 1. The molecule has 0 aliphatic heterocycles. The van der Waals surface area contributed by atoms with Crippen molar-refractivity contribution in [1.29, 1.82) is 0 Å². The maximum atomic E-state index is 12.4. The van der Waals surface area contributed by atoms with Gasteiger partial charge in [-0.15, -0.1) is 0 Å². The highest BCUT2D eigenvalue weighted by Gasteiger charge is 2.26. The van der Waals surface area contributed by atoms with Crippen molar-refractivity contribution in [2.24, 2.45) is 7.05 Å². The van der Waals surface area contributed by atoms with Crippen LogP contribution >= 0.6 is 0 Å². The van der Waals surface area contributed by atoms with Gasteiger partial charge in [-0.05, 0) is 58.4 Å². The molecule has 3 rings (SSSR count). The van der Waals surface area contributed by atoms with E-state index in [-0.39, 0.29) is 17.7 Å². The van der Waals surface area contributed by atoms with Gasteiger partial charge in [0.15, 0.2) is 0 Å². The van der Waals surface area contributed by atoms with Crippen molar-refractivity contribution in [1.82, 2.24) is 19.4 Å². The third-order valence-corrected chi connectivity index (χ3v) is 5.84. The third-order valence-electron chi connectivity index (χ3n) is 5.84. The van der Waals surface area contributed by atoms with Gasteiger partial charge in [-0.1, -0.05) is 6.07 Å². The molecule has 0 aliphatic carbocycles. The Morgan fingerprint density at radius 2 is 1.91 bits per heavy atom. The van der Waals surface area contributed by atoms with Gasteiger partial charge in [0, 0.05) is 38.0 Å². The summed E-state index contributed by atoms with van der Waals surface area (Å²) in [5, 5.41) is 13.2. The minimum absolute atomic E-state index is 0.00642. The first kappa shape index (κ1) is 26.6. The topological polar surface area (TPSA) is 108 Å². The SMILES string of the molecule is COC[C@H](C)n1c(-c2cc(C)c(=O)n(C)c2)nc2cc(CN[C@H](C(=O)OC(C)C)[C@H](C)O)ccc21. The van der Waals surface area contributed by atoms with Crippen LogP contribution in [0.3, 0.4) is 0 Å². The van der Waals surface area contributed by atoms with Gasteiger partial charge in [-0.3, -0.25) is 14.9 Å². The van der Waals surface area contributed by atoms with Gasteiger partial charge >= 0.3 is 5.97 Å². The molecule has 2 aromatic heterocycles. The first-order valence-corrected chi connectivity index (χ1v) is 11.8. The monoisotopic (exact) mass is 484 g/mol. The summed E-state index contributed by atoms with van der Waals surface area (Å²) in [5.41, 5.74) is 4.07. The summed E-state index contributed by atoms with van der Waals surface area (Å²) in [4.78, 5) is 29.5. The van der Waals surface area contributed by atoms with E-state index < -0.39 is 18.1 Å². The Balaban J connectivity index is 1.99. The Bertz CT molecular complexity index is 1220. The first-order chi connectivity index (χ1) is 16.5. The van der Waals surface area contributed by atoms with Gasteiger partial charge in [0.05, 0.1) is 35.9 Å². The number of carbonyl (C=O) groups excluding carboxylic acids is 1. The number of carbonyl (C=O) groups is 1. The van der Waals surface area contributed by atoms with Gasteiger partial charge in [0.25, 0.3) is 5.56 Å². The molecule has 1 aromatic carbocycles. The number of esters is 1. The molecule has 9 nitrogen and oxygen atoms in total. The summed E-state index contributed by atoms with van der Waals surface area (Å²) >= 11 is 0. The van der Waals surface area contributed by atoms with E-state index in [1.807, 2.05) is 24.3 Å². The van der Waals surface area contributed by atoms with Gasteiger partial charge in [-0.2, -0.15) is 0 Å². The highest BCUT2D eigenvalue weighted by molar-refractivity contribution is 5.81. The fraction of sp³-hybridized carbons (Fsp3) is 0.500. The van der Waals surface area contributed by atoms with Crippen LogP contribution < -0.4 is 10.9 Å². The molecule has 0 unspecified atom stereocenters. The molecule has 190 valence electrons. The number of pyridine rings is 1. The molecule has 2 N–H and O–H groups in total. The van der Waals surface area contributed by atoms with Gasteiger partial charge in [0.1, 0.15) is 11.9 Å². The molecule has 2 heterocycles. The number of nitrogens with zero attached hydrogens (tertiary/aromatic N) is 3. The predicted octanol–water partition coefficient (Wildman–Crippen LogP) is 2.71. The number of aliphatic hydroxyl groups excluding tert-OH is 1. The van der Waals surface area contributed by atoms with Crippen LogP contribution in [0.5, 0.6) is 0 Å². The van der Waals surface area contributed by atoms with E-state index in [2.05, 4.69) is 16.8 Å². The van der Waals surface area contributed by atoms with Crippen molar-refractivity contribution in [2.45, 2.75) is 65.5 Å². The van der Waals surface area contributed by atoms with E-state index in [1.165, 1.54) is 0 Å². The average molecular weight is 485 g/mol. The van der Waals surface area contributed by atoms with Crippen LogP contribution in [0.1, 0.15) is 44.9 Å². The smallest absolute Gasteiger partial charge is 0.326 e. The number of hydrogen-bond donors (Lipinski definition) is 2. The van der Waals surface area contributed by atoms with E-state index in [9.17, 15) is 14.7 Å². The minimum atomic E-state index is -0.904. The molecule has 0 saturated carbocycles. The number of rotatable bonds is 10. The van der Waals surface area contributed by atoms with Crippen LogP contribution in [-0.4, -0.2) is 57.2 Å². The molecule has 3 aromatic rings. The van der Waals surface area contributed by atoms with Crippen LogP contribution in [0, 0.1) is 6.92 Å². The van der Waals surface area contributed by atoms with Crippen molar-refractivity contribution in [3.63, 3.8) is 0 Å². The van der Waals surface area contributed by atoms with Crippen LogP contribution in [-0.2, 0) is 27.9 Å². The highest BCUT2D eigenvalue weighted by atomic mass is 16.5.